The summed E-state index contributed by atoms with van der Waals surface area (Å²) >= 11 is 3.01. The van der Waals surface area contributed by atoms with Gasteiger partial charge in [0.2, 0.25) is 0 Å². The minimum atomic E-state index is 1.30. The molecular weight excluding hydrogens is 480 g/mol. The van der Waals surface area contributed by atoms with Crippen molar-refractivity contribution in [1.82, 2.24) is 9.55 Å². The fourth-order valence-electron chi connectivity index (χ4n) is 0.843. The second kappa shape index (κ2) is 3.45. The Morgan fingerprint density at radius 3 is 2.36 bits per heavy atom. The van der Waals surface area contributed by atoms with Gasteiger partial charge in [0.15, 0.2) is 0 Å². The maximum absolute atomic E-state index is 3.38. The van der Waals surface area contributed by atoms with Crippen LogP contribution in [-0.2, 0) is 45.8 Å². The van der Waals surface area contributed by atoms with Crippen molar-refractivity contribution in [3.8, 4) is 0 Å². The van der Waals surface area contributed by atoms with Gasteiger partial charge in [-0.05, 0) is 0 Å². The third kappa shape index (κ3) is 1.79. The summed E-state index contributed by atoms with van der Waals surface area (Å²) in [5.74, 6) is 0. The molecule has 0 fully saturated rings. The molecule has 0 aromatic carbocycles. The molecule has 0 radical (unpaired) electrons. The summed E-state index contributed by atoms with van der Waals surface area (Å²) in [6.07, 6.45) is 0. The third-order valence-electron chi connectivity index (χ3n) is 1.91. The van der Waals surface area contributed by atoms with Crippen LogP contribution in [0, 0.1) is 21.3 Å². The van der Waals surface area contributed by atoms with Crippen molar-refractivity contribution in [2.24, 2.45) is 7.05 Å². The van der Waals surface area contributed by atoms with Crippen LogP contribution >= 0.6 is 0 Å². The standard InChI is InChI=1S/C7H10N2.2W/c1-6-4-8-5-9(3)7(6)2;;/h8H,1-3H3;;. The van der Waals surface area contributed by atoms with Crippen LogP contribution in [0.3, 0.4) is 0 Å². The van der Waals surface area contributed by atoms with Crippen LogP contribution in [0.25, 0.3) is 0 Å². The molecule has 1 aromatic rings. The number of H-pyrrole nitrogens is 1. The Bertz CT molecular complexity index is 352. The number of hydrogen-bond acceptors (Lipinski definition) is 0. The van der Waals surface area contributed by atoms with Crippen molar-refractivity contribution in [3.63, 3.8) is 0 Å². The van der Waals surface area contributed by atoms with E-state index in [1.165, 1.54) is 57.4 Å². The van der Waals surface area contributed by atoms with Crippen molar-refractivity contribution >= 4 is 0 Å². The molecule has 11 heavy (non-hydrogen) atoms. The number of nitrogens with one attached hydrogen (secondary N) is 1. The predicted octanol–water partition coefficient (Wildman–Crippen LogP) is 1.13. The van der Waals surface area contributed by atoms with Gasteiger partial charge in [0.05, 0.1) is 0 Å². The zero-order valence-electron chi connectivity index (χ0n) is 6.76. The topological polar surface area (TPSA) is 20.7 Å². The molecule has 1 aromatic heterocycles. The van der Waals surface area contributed by atoms with Gasteiger partial charge in [-0.15, -0.1) is 0 Å². The van der Waals surface area contributed by atoms with E-state index in [0.717, 1.165) is 0 Å². The zero-order valence-corrected chi connectivity index (χ0v) is 12.6. The number of aromatic amines is 1. The van der Waals surface area contributed by atoms with Gasteiger partial charge in [-0.2, -0.15) is 0 Å². The summed E-state index contributed by atoms with van der Waals surface area (Å²) in [5, 5.41) is 0. The molecule has 4 heteroatoms. The second-order valence-electron chi connectivity index (χ2n) is 2.53. The molecule has 60 valence electrons. The second-order valence-corrected chi connectivity index (χ2v) is 5.38. The first-order valence-electron chi connectivity index (χ1n) is 3.30. The Balaban J connectivity index is 3.73. The Morgan fingerprint density at radius 1 is 1.27 bits per heavy atom. The predicted molar refractivity (Wildman–Crippen MR) is 35.7 cm³/mol. The summed E-state index contributed by atoms with van der Waals surface area (Å²) in [6.45, 7) is 4.34. The first-order chi connectivity index (χ1) is 5.04. The summed E-state index contributed by atoms with van der Waals surface area (Å²) < 4.78 is 4.89. The van der Waals surface area contributed by atoms with Crippen LogP contribution in [0.4, 0.5) is 0 Å². The fourth-order valence-corrected chi connectivity index (χ4v) is 3.59. The fraction of sp³-hybridized carbons (Fsp3) is 0.429. The van der Waals surface area contributed by atoms with Gasteiger partial charge in [-0.1, -0.05) is 0 Å². The number of hydrogen-bond donors (Lipinski definition) is 1. The SMILES string of the molecule is Cc1c(C)n(C)[c](=[W])[nH][c]1=[W]. The number of aromatic nitrogens is 2. The molecule has 0 aliphatic carbocycles. The average molecular weight is 490 g/mol. The molecule has 0 bridgehead atoms. The molecular formula is C7H10N2W2. The van der Waals surface area contributed by atoms with Gasteiger partial charge >= 0.3 is 87.9 Å². The maximum atomic E-state index is 3.38. The van der Waals surface area contributed by atoms with Crippen molar-refractivity contribution in [2.45, 2.75) is 13.8 Å². The van der Waals surface area contributed by atoms with Gasteiger partial charge in [-0.3, -0.25) is 0 Å². The summed E-state index contributed by atoms with van der Waals surface area (Å²) in [7, 11) is 2.11. The van der Waals surface area contributed by atoms with E-state index >= 15 is 0 Å². The van der Waals surface area contributed by atoms with Crippen molar-refractivity contribution in [1.29, 1.82) is 0 Å². The molecule has 0 atom stereocenters. The zero-order chi connectivity index (χ0) is 8.59. The van der Waals surface area contributed by atoms with E-state index in [1.807, 2.05) is 0 Å². The van der Waals surface area contributed by atoms with Crippen molar-refractivity contribution < 1.29 is 38.7 Å². The van der Waals surface area contributed by atoms with E-state index in [4.69, 9.17) is 0 Å². The number of rotatable bonds is 0. The Labute approximate surface area is 87.5 Å². The van der Waals surface area contributed by atoms with E-state index in [0.29, 0.717) is 0 Å². The molecule has 0 saturated carbocycles. The normalized spacial score (nSPS) is 10.1. The Hall–Kier alpha value is 0.457. The van der Waals surface area contributed by atoms with E-state index in [1.54, 1.807) is 0 Å². The van der Waals surface area contributed by atoms with Gasteiger partial charge in [0.25, 0.3) is 0 Å². The molecule has 0 spiro atoms. The Kier molecular flexibility index (Phi) is 3.00. The van der Waals surface area contributed by atoms with E-state index in [2.05, 4.69) is 30.4 Å². The monoisotopic (exact) mass is 490 g/mol. The molecule has 0 unspecified atom stereocenters. The van der Waals surface area contributed by atoms with Gasteiger partial charge in [0, 0.05) is 0 Å². The van der Waals surface area contributed by atoms with Gasteiger partial charge < -0.3 is 0 Å². The van der Waals surface area contributed by atoms with E-state index in [9.17, 15) is 0 Å². The quantitative estimate of drug-likeness (QED) is 0.564. The van der Waals surface area contributed by atoms with Gasteiger partial charge in [-0.25, -0.2) is 0 Å². The minimum absolute atomic E-state index is 1.30. The van der Waals surface area contributed by atoms with E-state index < -0.39 is 0 Å². The Morgan fingerprint density at radius 2 is 1.82 bits per heavy atom. The van der Waals surface area contributed by atoms with Crippen LogP contribution in [0.1, 0.15) is 11.3 Å². The summed E-state index contributed by atoms with van der Waals surface area (Å²) in [5.41, 5.74) is 2.77. The molecule has 1 N–H and O–H groups in total. The molecule has 1 rings (SSSR count). The van der Waals surface area contributed by atoms with Gasteiger partial charge in [0.1, 0.15) is 0 Å². The summed E-state index contributed by atoms with van der Waals surface area (Å²) in [4.78, 5) is 3.38. The van der Waals surface area contributed by atoms with Crippen molar-refractivity contribution in [2.75, 3.05) is 0 Å². The van der Waals surface area contributed by atoms with Crippen LogP contribution in [-0.4, -0.2) is 9.55 Å². The molecule has 0 amide bonds. The summed E-state index contributed by atoms with van der Waals surface area (Å²) in [6, 6.07) is 0. The van der Waals surface area contributed by atoms with Crippen LogP contribution in [0.2, 0.25) is 0 Å². The molecule has 2 nitrogen and oxygen atoms in total. The van der Waals surface area contributed by atoms with Crippen molar-refractivity contribution in [3.05, 3.63) is 18.7 Å². The van der Waals surface area contributed by atoms with Crippen LogP contribution in [0.5, 0.6) is 0 Å². The van der Waals surface area contributed by atoms with Crippen LogP contribution < -0.4 is 0 Å². The molecule has 0 aliphatic heterocycles. The number of nitrogens with zero attached hydrogens (tertiary/aromatic N) is 1. The first kappa shape index (κ1) is 9.54. The third-order valence-corrected chi connectivity index (χ3v) is 4.73. The van der Waals surface area contributed by atoms with E-state index in [-0.39, 0.29) is 0 Å². The molecule has 0 aliphatic rings. The molecule has 1 heterocycles. The molecule has 0 saturated heterocycles. The van der Waals surface area contributed by atoms with Crippen LogP contribution in [0.15, 0.2) is 0 Å². The average Bonchev–Trinajstić information content (AvgIpc) is 1.97. The first-order valence-corrected chi connectivity index (χ1v) is 6.24.